The van der Waals surface area contributed by atoms with E-state index in [0.29, 0.717) is 25.3 Å². The largest absolute Gasteiger partial charge is 0.393 e. The van der Waals surface area contributed by atoms with Crippen LogP contribution in [0.15, 0.2) is 0 Å². The van der Waals surface area contributed by atoms with Gasteiger partial charge in [0.25, 0.3) is 0 Å². The predicted molar refractivity (Wildman–Crippen MR) is 57.5 cm³/mol. The van der Waals surface area contributed by atoms with Crippen LogP contribution in [0.5, 0.6) is 0 Å². The predicted octanol–water partition coefficient (Wildman–Crippen LogP) is -0.458. The van der Waals surface area contributed by atoms with Crippen molar-refractivity contribution in [3.63, 3.8) is 0 Å². The Balaban J connectivity index is 1.69. The molecule has 2 rings (SSSR count). The molecule has 0 aromatic rings. The average Bonchev–Trinajstić information content (AvgIpc) is 2.84. The third kappa shape index (κ3) is 2.72. The average molecular weight is 226 g/mol. The van der Waals surface area contributed by atoms with Crippen LogP contribution in [0.4, 0.5) is 0 Å². The van der Waals surface area contributed by atoms with Crippen LogP contribution >= 0.6 is 0 Å². The van der Waals surface area contributed by atoms with E-state index in [0.717, 1.165) is 19.3 Å². The van der Waals surface area contributed by atoms with E-state index in [1.165, 1.54) is 0 Å². The zero-order valence-electron chi connectivity index (χ0n) is 9.24. The summed E-state index contributed by atoms with van der Waals surface area (Å²) >= 11 is 0. The third-order valence-electron chi connectivity index (χ3n) is 3.39. The van der Waals surface area contributed by atoms with Crippen LogP contribution in [-0.4, -0.2) is 35.6 Å². The second kappa shape index (κ2) is 4.82. The van der Waals surface area contributed by atoms with Gasteiger partial charge in [0.05, 0.1) is 6.10 Å². The molecule has 1 aliphatic carbocycles. The molecule has 3 N–H and O–H groups in total. The van der Waals surface area contributed by atoms with E-state index < -0.39 is 0 Å². The number of rotatable bonds is 3. The van der Waals surface area contributed by atoms with Gasteiger partial charge in [-0.2, -0.15) is 0 Å². The fraction of sp³-hybridized carbons (Fsp3) is 0.818. The van der Waals surface area contributed by atoms with Gasteiger partial charge in [0, 0.05) is 13.0 Å². The fourth-order valence-electron chi connectivity index (χ4n) is 2.41. The summed E-state index contributed by atoms with van der Waals surface area (Å²) in [6, 6.07) is -0.348. The standard InChI is InChI=1S/C11H18N2O3/c14-8-2-1-7(5-8)6-12-11(16)9-3-4-10(15)13-9/h7-9,14H,1-6H2,(H,12,16)(H,13,15). The van der Waals surface area contributed by atoms with E-state index in [9.17, 15) is 14.7 Å². The summed E-state index contributed by atoms with van der Waals surface area (Å²) in [5, 5.41) is 14.8. The van der Waals surface area contributed by atoms with Crippen LogP contribution in [0.3, 0.4) is 0 Å². The molecular weight excluding hydrogens is 208 g/mol. The maximum atomic E-state index is 11.6. The summed E-state index contributed by atoms with van der Waals surface area (Å²) in [6.07, 6.45) is 3.42. The molecule has 0 spiro atoms. The Morgan fingerprint density at radius 1 is 1.44 bits per heavy atom. The van der Waals surface area contributed by atoms with Gasteiger partial charge in [0.2, 0.25) is 11.8 Å². The van der Waals surface area contributed by atoms with E-state index in [1.807, 2.05) is 0 Å². The normalized spacial score (nSPS) is 33.8. The minimum absolute atomic E-state index is 0.0450. The smallest absolute Gasteiger partial charge is 0.242 e. The highest BCUT2D eigenvalue weighted by Gasteiger charge is 2.28. The number of hydrogen-bond acceptors (Lipinski definition) is 3. The number of hydrogen-bond donors (Lipinski definition) is 3. The maximum Gasteiger partial charge on any atom is 0.242 e. The van der Waals surface area contributed by atoms with Crippen LogP contribution < -0.4 is 10.6 Å². The number of carbonyl (C=O) groups excluding carboxylic acids is 2. The molecule has 0 aromatic heterocycles. The summed E-state index contributed by atoms with van der Waals surface area (Å²) in [7, 11) is 0. The Hall–Kier alpha value is -1.10. The van der Waals surface area contributed by atoms with E-state index in [2.05, 4.69) is 10.6 Å². The van der Waals surface area contributed by atoms with Crippen molar-refractivity contribution >= 4 is 11.8 Å². The number of carbonyl (C=O) groups is 2. The Bertz CT molecular complexity index is 293. The molecule has 5 heteroatoms. The van der Waals surface area contributed by atoms with Crippen LogP contribution in [0.1, 0.15) is 32.1 Å². The topological polar surface area (TPSA) is 78.4 Å². The van der Waals surface area contributed by atoms with Crippen molar-refractivity contribution in [1.82, 2.24) is 10.6 Å². The lowest BCUT2D eigenvalue weighted by atomic mass is 10.1. The van der Waals surface area contributed by atoms with Gasteiger partial charge in [-0.25, -0.2) is 0 Å². The van der Waals surface area contributed by atoms with Crippen molar-refractivity contribution in [2.45, 2.75) is 44.2 Å². The second-order valence-electron chi connectivity index (χ2n) is 4.74. The van der Waals surface area contributed by atoms with Crippen LogP contribution in [0.25, 0.3) is 0 Å². The molecule has 1 saturated carbocycles. The van der Waals surface area contributed by atoms with E-state index in [-0.39, 0.29) is 24.0 Å². The molecule has 1 aliphatic heterocycles. The van der Waals surface area contributed by atoms with Crippen LogP contribution in [-0.2, 0) is 9.59 Å². The molecule has 5 nitrogen and oxygen atoms in total. The molecule has 3 unspecified atom stereocenters. The fourth-order valence-corrected chi connectivity index (χ4v) is 2.41. The van der Waals surface area contributed by atoms with Crippen molar-refractivity contribution in [2.24, 2.45) is 5.92 Å². The monoisotopic (exact) mass is 226 g/mol. The Kier molecular flexibility index (Phi) is 3.43. The molecule has 1 heterocycles. The van der Waals surface area contributed by atoms with Crippen molar-refractivity contribution in [1.29, 1.82) is 0 Å². The lowest BCUT2D eigenvalue weighted by molar-refractivity contribution is -0.125. The van der Waals surface area contributed by atoms with Gasteiger partial charge in [0.15, 0.2) is 0 Å². The van der Waals surface area contributed by atoms with E-state index in [1.54, 1.807) is 0 Å². The Morgan fingerprint density at radius 2 is 2.25 bits per heavy atom. The SMILES string of the molecule is O=C1CCC(C(=O)NCC2CCC(O)C2)N1. The van der Waals surface area contributed by atoms with Crippen LogP contribution in [0, 0.1) is 5.92 Å². The molecule has 0 aromatic carbocycles. The summed E-state index contributed by atoms with van der Waals surface area (Å²) in [5.74, 6) is 0.250. The highest BCUT2D eigenvalue weighted by atomic mass is 16.3. The molecule has 16 heavy (non-hydrogen) atoms. The van der Waals surface area contributed by atoms with E-state index >= 15 is 0 Å². The molecule has 2 aliphatic rings. The minimum atomic E-state index is -0.348. The highest BCUT2D eigenvalue weighted by molar-refractivity contribution is 5.90. The van der Waals surface area contributed by atoms with Gasteiger partial charge in [-0.05, 0) is 31.6 Å². The van der Waals surface area contributed by atoms with Gasteiger partial charge in [-0.3, -0.25) is 9.59 Å². The number of nitrogens with one attached hydrogen (secondary N) is 2. The summed E-state index contributed by atoms with van der Waals surface area (Å²) < 4.78 is 0. The first-order valence-corrected chi connectivity index (χ1v) is 5.90. The zero-order chi connectivity index (χ0) is 11.5. The van der Waals surface area contributed by atoms with Gasteiger partial charge < -0.3 is 15.7 Å². The summed E-state index contributed by atoms with van der Waals surface area (Å²) in [5.41, 5.74) is 0. The molecule has 0 bridgehead atoms. The zero-order valence-corrected chi connectivity index (χ0v) is 9.24. The second-order valence-corrected chi connectivity index (χ2v) is 4.74. The van der Waals surface area contributed by atoms with Gasteiger partial charge >= 0.3 is 0 Å². The quantitative estimate of drug-likeness (QED) is 0.609. The Labute approximate surface area is 94.6 Å². The highest BCUT2D eigenvalue weighted by Crippen LogP contribution is 2.24. The van der Waals surface area contributed by atoms with Crippen LogP contribution in [0.2, 0.25) is 0 Å². The van der Waals surface area contributed by atoms with Crippen molar-refractivity contribution in [2.75, 3.05) is 6.54 Å². The summed E-state index contributed by atoms with van der Waals surface area (Å²) in [4.78, 5) is 22.6. The molecule has 90 valence electrons. The molecule has 2 fully saturated rings. The Morgan fingerprint density at radius 3 is 2.81 bits per heavy atom. The van der Waals surface area contributed by atoms with Crippen molar-refractivity contribution in [3.05, 3.63) is 0 Å². The first-order valence-electron chi connectivity index (χ1n) is 5.90. The number of amides is 2. The molecule has 3 atom stereocenters. The minimum Gasteiger partial charge on any atom is -0.393 e. The number of aliphatic hydroxyl groups is 1. The maximum absolute atomic E-state index is 11.6. The lowest BCUT2D eigenvalue weighted by Gasteiger charge is -2.14. The first kappa shape index (κ1) is 11.4. The molecule has 2 amide bonds. The summed E-state index contributed by atoms with van der Waals surface area (Å²) in [6.45, 7) is 0.613. The van der Waals surface area contributed by atoms with Gasteiger partial charge in [0.1, 0.15) is 6.04 Å². The molecular formula is C11H18N2O3. The third-order valence-corrected chi connectivity index (χ3v) is 3.39. The first-order chi connectivity index (χ1) is 7.65. The lowest BCUT2D eigenvalue weighted by Crippen LogP contribution is -2.43. The van der Waals surface area contributed by atoms with Crippen molar-refractivity contribution in [3.8, 4) is 0 Å². The number of aliphatic hydroxyl groups excluding tert-OH is 1. The van der Waals surface area contributed by atoms with Gasteiger partial charge in [-0.15, -0.1) is 0 Å². The van der Waals surface area contributed by atoms with Gasteiger partial charge in [-0.1, -0.05) is 0 Å². The van der Waals surface area contributed by atoms with E-state index in [4.69, 9.17) is 0 Å². The van der Waals surface area contributed by atoms with Crippen molar-refractivity contribution < 1.29 is 14.7 Å². The molecule has 0 radical (unpaired) electrons. The molecule has 1 saturated heterocycles.